The molecule has 10 aromatic rings. The van der Waals surface area contributed by atoms with Crippen LogP contribution in [-0.4, -0.2) is 0 Å². The molecule has 0 fully saturated rings. The molecular weight excluding hydrogens is 675 g/mol. The summed E-state index contributed by atoms with van der Waals surface area (Å²) in [6, 6.07) is 73.7. The minimum absolute atomic E-state index is 0.172. The van der Waals surface area contributed by atoms with Gasteiger partial charge >= 0.3 is 0 Å². The molecule has 0 saturated heterocycles. The second-order valence-electron chi connectivity index (χ2n) is 15.6. The van der Waals surface area contributed by atoms with Crippen LogP contribution in [0.1, 0.15) is 25.0 Å². The third-order valence-corrected chi connectivity index (χ3v) is 12.2. The number of benzene rings is 10. The van der Waals surface area contributed by atoms with Crippen molar-refractivity contribution in [2.75, 3.05) is 4.90 Å². The summed E-state index contributed by atoms with van der Waals surface area (Å²) in [5.74, 6) is 0. The maximum atomic E-state index is 2.48. The zero-order valence-corrected chi connectivity index (χ0v) is 31.5. The van der Waals surface area contributed by atoms with Gasteiger partial charge in [0.1, 0.15) is 0 Å². The summed E-state index contributed by atoms with van der Waals surface area (Å²) in [6.45, 7) is 4.81. The number of hydrogen-bond acceptors (Lipinski definition) is 1. The monoisotopic (exact) mass is 713 g/mol. The lowest BCUT2D eigenvalue weighted by Gasteiger charge is -2.27. The van der Waals surface area contributed by atoms with Crippen molar-refractivity contribution in [3.63, 3.8) is 0 Å². The van der Waals surface area contributed by atoms with Crippen LogP contribution in [0.15, 0.2) is 200 Å². The van der Waals surface area contributed by atoms with Crippen LogP contribution < -0.4 is 4.90 Å². The Kier molecular flexibility index (Phi) is 7.28. The molecule has 10 aromatic carbocycles. The largest absolute Gasteiger partial charge is 0.311 e. The highest BCUT2D eigenvalue weighted by Gasteiger charge is 2.40. The quantitative estimate of drug-likeness (QED) is 0.161. The van der Waals surface area contributed by atoms with E-state index in [1.165, 1.54) is 87.6 Å². The van der Waals surface area contributed by atoms with Gasteiger partial charge in [-0.25, -0.2) is 0 Å². The second kappa shape index (κ2) is 12.5. The van der Waals surface area contributed by atoms with Crippen LogP contribution >= 0.6 is 0 Å². The summed E-state index contributed by atoms with van der Waals surface area (Å²) in [5, 5.41) is 10.3. The van der Waals surface area contributed by atoms with Crippen LogP contribution in [-0.2, 0) is 5.41 Å². The fourth-order valence-electron chi connectivity index (χ4n) is 9.77. The van der Waals surface area contributed by atoms with Crippen LogP contribution in [0.25, 0.3) is 76.5 Å². The average Bonchev–Trinajstić information content (AvgIpc) is 3.50. The van der Waals surface area contributed by atoms with Crippen molar-refractivity contribution in [3.05, 3.63) is 211 Å². The van der Waals surface area contributed by atoms with Gasteiger partial charge in [0, 0.05) is 22.5 Å². The van der Waals surface area contributed by atoms with Gasteiger partial charge in [0.25, 0.3) is 0 Å². The van der Waals surface area contributed by atoms with Crippen LogP contribution in [0, 0.1) is 0 Å². The first-order chi connectivity index (χ1) is 27.6. The number of para-hydroxylation sites is 2. The SMILES string of the molecule is CC1(C)c2ccccc2-c2c(-c3ccc4c5ccccc5c5ccccc5c4c3)c(-c3ccc(N(c4ccccc4)c4ccccc4)cc3)c3ccccc3c21. The molecule has 1 heteroatoms. The lowest BCUT2D eigenvalue weighted by atomic mass is 9.76. The molecule has 0 radical (unpaired) electrons. The van der Waals surface area contributed by atoms with E-state index in [1.807, 2.05) is 0 Å². The van der Waals surface area contributed by atoms with Gasteiger partial charge in [0.15, 0.2) is 0 Å². The Labute approximate surface area is 327 Å². The first-order valence-corrected chi connectivity index (χ1v) is 19.6. The van der Waals surface area contributed by atoms with Crippen molar-refractivity contribution in [1.29, 1.82) is 0 Å². The van der Waals surface area contributed by atoms with E-state index < -0.39 is 0 Å². The number of rotatable bonds is 5. The predicted molar refractivity (Wildman–Crippen MR) is 240 cm³/mol. The fourth-order valence-corrected chi connectivity index (χ4v) is 9.77. The van der Waals surface area contributed by atoms with Gasteiger partial charge in [-0.05, 0) is 130 Å². The van der Waals surface area contributed by atoms with Crippen LogP contribution in [0.5, 0.6) is 0 Å². The van der Waals surface area contributed by atoms with E-state index in [4.69, 9.17) is 0 Å². The van der Waals surface area contributed by atoms with Crippen molar-refractivity contribution >= 4 is 60.2 Å². The Morgan fingerprint density at radius 2 is 0.768 bits per heavy atom. The number of hydrogen-bond donors (Lipinski definition) is 0. The van der Waals surface area contributed by atoms with Gasteiger partial charge in [-0.2, -0.15) is 0 Å². The Morgan fingerprint density at radius 3 is 1.38 bits per heavy atom. The number of nitrogens with zero attached hydrogens (tertiary/aromatic N) is 1. The van der Waals surface area contributed by atoms with Gasteiger partial charge in [-0.3, -0.25) is 0 Å². The van der Waals surface area contributed by atoms with E-state index in [2.05, 4.69) is 219 Å². The second-order valence-corrected chi connectivity index (χ2v) is 15.6. The average molecular weight is 714 g/mol. The summed E-state index contributed by atoms with van der Waals surface area (Å²) < 4.78 is 0. The Hall–Kier alpha value is -6.96. The molecule has 11 rings (SSSR count). The van der Waals surface area contributed by atoms with Crippen LogP contribution in [0.3, 0.4) is 0 Å². The zero-order chi connectivity index (χ0) is 37.4. The molecule has 1 aliphatic rings. The molecule has 1 nitrogen and oxygen atoms in total. The molecule has 0 atom stereocenters. The highest BCUT2D eigenvalue weighted by atomic mass is 15.1. The molecule has 0 saturated carbocycles. The molecular formula is C55H39N. The van der Waals surface area contributed by atoms with Crippen LogP contribution in [0.2, 0.25) is 0 Å². The van der Waals surface area contributed by atoms with E-state index in [9.17, 15) is 0 Å². The molecule has 1 aliphatic carbocycles. The van der Waals surface area contributed by atoms with E-state index >= 15 is 0 Å². The summed E-state index contributed by atoms with van der Waals surface area (Å²) in [6.07, 6.45) is 0. The maximum Gasteiger partial charge on any atom is 0.0462 e. The van der Waals surface area contributed by atoms with Crippen molar-refractivity contribution in [3.8, 4) is 33.4 Å². The van der Waals surface area contributed by atoms with Gasteiger partial charge < -0.3 is 4.90 Å². The minimum atomic E-state index is -0.172. The normalized spacial score (nSPS) is 13.0. The van der Waals surface area contributed by atoms with Crippen molar-refractivity contribution in [2.24, 2.45) is 0 Å². The highest BCUT2D eigenvalue weighted by Crippen LogP contribution is 2.58. The first-order valence-electron chi connectivity index (χ1n) is 19.6. The molecule has 0 spiro atoms. The Bertz CT molecular complexity index is 3060. The Balaban J connectivity index is 1.23. The molecule has 0 N–H and O–H groups in total. The fraction of sp³-hybridized carbons (Fsp3) is 0.0545. The van der Waals surface area contributed by atoms with Gasteiger partial charge in [-0.15, -0.1) is 0 Å². The van der Waals surface area contributed by atoms with E-state index in [-0.39, 0.29) is 5.41 Å². The molecule has 0 aromatic heterocycles. The third kappa shape index (κ3) is 4.81. The Morgan fingerprint density at radius 1 is 0.321 bits per heavy atom. The highest BCUT2D eigenvalue weighted by molar-refractivity contribution is 6.26. The molecule has 0 aliphatic heterocycles. The summed E-state index contributed by atoms with van der Waals surface area (Å²) in [7, 11) is 0. The predicted octanol–water partition coefficient (Wildman–Crippen LogP) is 15.4. The molecule has 264 valence electrons. The summed E-state index contributed by atoms with van der Waals surface area (Å²) >= 11 is 0. The van der Waals surface area contributed by atoms with Gasteiger partial charge in [0.05, 0.1) is 0 Å². The van der Waals surface area contributed by atoms with Gasteiger partial charge in [-0.1, -0.05) is 172 Å². The smallest absolute Gasteiger partial charge is 0.0462 e. The van der Waals surface area contributed by atoms with Gasteiger partial charge in [0.2, 0.25) is 0 Å². The number of anilines is 3. The van der Waals surface area contributed by atoms with Crippen molar-refractivity contribution in [1.82, 2.24) is 0 Å². The molecule has 56 heavy (non-hydrogen) atoms. The number of fused-ring (bicyclic) bond motifs is 11. The van der Waals surface area contributed by atoms with E-state index in [1.54, 1.807) is 0 Å². The third-order valence-electron chi connectivity index (χ3n) is 12.2. The minimum Gasteiger partial charge on any atom is -0.311 e. The van der Waals surface area contributed by atoms with Crippen LogP contribution in [0.4, 0.5) is 17.1 Å². The molecule has 0 heterocycles. The molecule has 0 amide bonds. The summed E-state index contributed by atoms with van der Waals surface area (Å²) in [4.78, 5) is 2.34. The summed E-state index contributed by atoms with van der Waals surface area (Å²) in [5.41, 5.74) is 13.7. The van der Waals surface area contributed by atoms with E-state index in [0.717, 1.165) is 17.1 Å². The first kappa shape index (κ1) is 32.5. The van der Waals surface area contributed by atoms with E-state index in [0.29, 0.717) is 0 Å². The maximum absolute atomic E-state index is 2.48. The standard InChI is InChI=1S/C55H39N/c1-55(2)50-28-16-15-27-48(50)53-52(37-31-34-45-43-23-10-9-21-41(43)42-22-11-12-24-44(42)49(45)35-37)51(46-25-13-14-26-47(46)54(53)55)36-29-32-40(33-30-36)56(38-17-5-3-6-18-38)39-19-7-4-8-20-39/h3-35H,1-2H3. The lowest BCUT2D eigenvalue weighted by Crippen LogP contribution is -2.15. The van der Waals surface area contributed by atoms with Crippen molar-refractivity contribution in [2.45, 2.75) is 19.3 Å². The zero-order valence-electron chi connectivity index (χ0n) is 31.5. The topological polar surface area (TPSA) is 3.24 Å². The lowest BCUT2D eigenvalue weighted by molar-refractivity contribution is 0.666. The molecule has 0 bridgehead atoms. The van der Waals surface area contributed by atoms with Crippen molar-refractivity contribution < 1.29 is 0 Å². The molecule has 0 unspecified atom stereocenters.